The molecule has 6 heteroatoms. The Morgan fingerprint density at radius 1 is 1.82 bits per heavy atom. The van der Waals surface area contributed by atoms with Gasteiger partial charge in [0.1, 0.15) is 17.6 Å². The summed E-state index contributed by atoms with van der Waals surface area (Å²) in [6, 6.07) is 1.54. The first kappa shape index (κ1) is 11.8. The van der Waals surface area contributed by atoms with Crippen molar-refractivity contribution in [1.82, 2.24) is 9.55 Å². The van der Waals surface area contributed by atoms with E-state index in [9.17, 15) is 9.90 Å². The molecule has 0 aliphatic carbocycles. The molecule has 0 amide bonds. The molecule has 1 unspecified atom stereocenters. The lowest BCUT2D eigenvalue weighted by Gasteiger charge is -2.23. The molecule has 0 bridgehead atoms. The molecule has 1 aliphatic rings. The molecule has 1 saturated heterocycles. The number of nitrogen functional groups attached to an aromatic ring is 1. The number of hydrogen-bond donors (Lipinski definition) is 2. The minimum Gasteiger partial charge on any atom is -0.393 e. The Hall–Kier alpha value is -1.66. The predicted molar refractivity (Wildman–Crippen MR) is 62.3 cm³/mol. The monoisotopic (exact) mass is 237 g/mol. The van der Waals surface area contributed by atoms with Crippen LogP contribution in [0.15, 0.2) is 29.7 Å². The number of aromatic nitrogens is 2. The highest BCUT2D eigenvalue weighted by molar-refractivity contribution is 5.23. The normalized spacial score (nSPS) is 28.2. The number of rotatable bonds is 3. The third-order valence-electron chi connectivity index (χ3n) is 2.99. The third-order valence-corrected chi connectivity index (χ3v) is 2.99. The number of ether oxygens (including phenoxy) is 1. The van der Waals surface area contributed by atoms with E-state index in [1.807, 2.05) is 0 Å². The number of aliphatic hydroxyl groups is 1. The van der Waals surface area contributed by atoms with E-state index in [1.165, 1.54) is 10.6 Å². The highest BCUT2D eigenvalue weighted by Gasteiger charge is 2.38. The molecule has 0 radical (unpaired) electrons. The topological polar surface area (TPSA) is 90.4 Å². The molecule has 1 aromatic rings. The zero-order valence-electron chi connectivity index (χ0n) is 9.37. The summed E-state index contributed by atoms with van der Waals surface area (Å²) in [6.07, 6.45) is 3.93. The van der Waals surface area contributed by atoms with Gasteiger partial charge >= 0.3 is 5.69 Å². The molecule has 2 rings (SSSR count). The fraction of sp³-hybridized carbons (Fsp3) is 0.455. The van der Waals surface area contributed by atoms with E-state index >= 15 is 0 Å². The summed E-state index contributed by atoms with van der Waals surface area (Å²) < 4.78 is 7.04. The summed E-state index contributed by atoms with van der Waals surface area (Å²) >= 11 is 0. The number of nitrogens with two attached hydrogens (primary N) is 1. The van der Waals surface area contributed by atoms with Crippen LogP contribution in [0.2, 0.25) is 0 Å². The fourth-order valence-corrected chi connectivity index (χ4v) is 1.93. The molecule has 6 nitrogen and oxygen atoms in total. The first-order chi connectivity index (χ1) is 8.10. The van der Waals surface area contributed by atoms with E-state index in [0.29, 0.717) is 12.8 Å². The fourth-order valence-electron chi connectivity index (χ4n) is 1.93. The van der Waals surface area contributed by atoms with Crippen LogP contribution in [0.4, 0.5) is 5.82 Å². The number of aliphatic hydroxyl groups excluding tert-OH is 1. The molecule has 1 aromatic heterocycles. The Morgan fingerprint density at radius 2 is 2.59 bits per heavy atom. The van der Waals surface area contributed by atoms with E-state index in [0.717, 1.165) is 0 Å². The van der Waals surface area contributed by atoms with Crippen molar-refractivity contribution in [1.29, 1.82) is 0 Å². The van der Waals surface area contributed by atoms with Crippen LogP contribution in [0, 0.1) is 0 Å². The van der Waals surface area contributed by atoms with Gasteiger partial charge in [-0.3, -0.25) is 4.57 Å². The van der Waals surface area contributed by atoms with Crippen LogP contribution < -0.4 is 11.4 Å². The van der Waals surface area contributed by atoms with Crippen LogP contribution in [0.1, 0.15) is 19.1 Å². The minimum absolute atomic E-state index is 0.149. The van der Waals surface area contributed by atoms with Gasteiger partial charge in [0, 0.05) is 6.20 Å². The Bertz CT molecular complexity index is 485. The molecule has 1 aliphatic heterocycles. The van der Waals surface area contributed by atoms with Crippen LogP contribution in [-0.2, 0) is 4.74 Å². The van der Waals surface area contributed by atoms with Gasteiger partial charge in [-0.15, -0.1) is 6.58 Å². The quantitative estimate of drug-likeness (QED) is 0.725. The molecular formula is C11H15N3O3. The van der Waals surface area contributed by atoms with Crippen molar-refractivity contribution in [3.8, 4) is 0 Å². The summed E-state index contributed by atoms with van der Waals surface area (Å²) in [7, 11) is 0. The van der Waals surface area contributed by atoms with Crippen LogP contribution >= 0.6 is 0 Å². The van der Waals surface area contributed by atoms with Gasteiger partial charge in [-0.25, -0.2) is 4.79 Å². The Balaban J connectivity index is 2.26. The number of hydrogen-bond acceptors (Lipinski definition) is 5. The van der Waals surface area contributed by atoms with Gasteiger partial charge in [0.15, 0.2) is 0 Å². The van der Waals surface area contributed by atoms with Crippen molar-refractivity contribution in [2.45, 2.75) is 24.7 Å². The van der Waals surface area contributed by atoms with Gasteiger partial charge in [0.25, 0.3) is 0 Å². The predicted octanol–water partition coefficient (Wildman–Crippen LogP) is 0.0516. The van der Waals surface area contributed by atoms with Crippen LogP contribution in [0.25, 0.3) is 0 Å². The van der Waals surface area contributed by atoms with Gasteiger partial charge in [-0.05, 0) is 18.9 Å². The number of anilines is 1. The number of nitrogens with zero attached hydrogens (tertiary/aromatic N) is 2. The molecule has 1 fully saturated rings. The zero-order valence-corrected chi connectivity index (χ0v) is 9.37. The van der Waals surface area contributed by atoms with Crippen molar-refractivity contribution < 1.29 is 9.84 Å². The summed E-state index contributed by atoms with van der Waals surface area (Å²) in [4.78, 5) is 15.3. The Morgan fingerprint density at radius 3 is 3.12 bits per heavy atom. The molecule has 92 valence electrons. The molecule has 0 spiro atoms. The summed E-state index contributed by atoms with van der Waals surface area (Å²) in [6.45, 7) is 3.49. The molecule has 0 aromatic carbocycles. The highest BCUT2D eigenvalue weighted by Crippen LogP contribution is 2.36. The van der Waals surface area contributed by atoms with E-state index in [-0.39, 0.29) is 12.4 Å². The van der Waals surface area contributed by atoms with Gasteiger partial charge in [0.05, 0.1) is 6.61 Å². The molecular weight excluding hydrogens is 222 g/mol. The Labute approximate surface area is 98.3 Å². The van der Waals surface area contributed by atoms with Crippen molar-refractivity contribution in [2.75, 3.05) is 12.3 Å². The molecule has 2 atom stereocenters. The SMILES string of the molecule is C=C[C@@]1(CO)CCC(n2ccc(N)nc2=O)O1. The van der Waals surface area contributed by atoms with Crippen LogP contribution in [0.5, 0.6) is 0 Å². The van der Waals surface area contributed by atoms with Gasteiger partial charge in [0.2, 0.25) is 0 Å². The van der Waals surface area contributed by atoms with Crippen molar-refractivity contribution in [2.24, 2.45) is 0 Å². The third kappa shape index (κ3) is 2.09. The van der Waals surface area contributed by atoms with E-state index in [1.54, 1.807) is 12.3 Å². The van der Waals surface area contributed by atoms with Crippen molar-refractivity contribution >= 4 is 5.82 Å². The van der Waals surface area contributed by atoms with E-state index in [2.05, 4.69) is 11.6 Å². The van der Waals surface area contributed by atoms with E-state index in [4.69, 9.17) is 10.5 Å². The minimum atomic E-state index is -0.758. The standard InChI is InChI=1S/C11H15N3O3/c1-2-11(7-15)5-3-9(17-11)14-6-4-8(12)13-10(14)16/h2,4,6,9,15H,1,3,5,7H2,(H2,12,13,16)/t9?,11-/m0/s1. The maximum absolute atomic E-state index is 11.6. The van der Waals surface area contributed by atoms with Gasteiger partial charge < -0.3 is 15.6 Å². The van der Waals surface area contributed by atoms with Crippen LogP contribution in [0.3, 0.4) is 0 Å². The lowest BCUT2D eigenvalue weighted by atomic mass is 10.0. The van der Waals surface area contributed by atoms with Crippen molar-refractivity contribution in [3.63, 3.8) is 0 Å². The van der Waals surface area contributed by atoms with Crippen LogP contribution in [-0.4, -0.2) is 26.9 Å². The maximum Gasteiger partial charge on any atom is 0.351 e. The van der Waals surface area contributed by atoms with Gasteiger partial charge in [-0.2, -0.15) is 4.98 Å². The smallest absolute Gasteiger partial charge is 0.351 e. The molecule has 2 heterocycles. The second kappa shape index (κ2) is 4.31. The maximum atomic E-state index is 11.6. The van der Waals surface area contributed by atoms with E-state index < -0.39 is 17.5 Å². The van der Waals surface area contributed by atoms with Gasteiger partial charge in [-0.1, -0.05) is 6.08 Å². The lowest BCUT2D eigenvalue weighted by Crippen LogP contribution is -2.33. The summed E-state index contributed by atoms with van der Waals surface area (Å²) in [5, 5.41) is 9.28. The average Bonchev–Trinajstić information content (AvgIpc) is 2.74. The first-order valence-corrected chi connectivity index (χ1v) is 5.37. The highest BCUT2D eigenvalue weighted by atomic mass is 16.5. The first-order valence-electron chi connectivity index (χ1n) is 5.37. The average molecular weight is 237 g/mol. The summed E-state index contributed by atoms with van der Waals surface area (Å²) in [5.74, 6) is 0.182. The second-order valence-corrected chi connectivity index (χ2v) is 4.08. The zero-order chi connectivity index (χ0) is 12.5. The lowest BCUT2D eigenvalue weighted by molar-refractivity contribution is -0.0704. The largest absolute Gasteiger partial charge is 0.393 e. The molecule has 0 saturated carbocycles. The summed E-state index contributed by atoms with van der Waals surface area (Å²) in [5.41, 5.74) is 4.20. The van der Waals surface area contributed by atoms with Crippen molar-refractivity contribution in [3.05, 3.63) is 35.4 Å². The second-order valence-electron chi connectivity index (χ2n) is 4.08. The Kier molecular flexibility index (Phi) is 2.99. The molecule has 3 N–H and O–H groups in total. The molecule has 17 heavy (non-hydrogen) atoms.